The number of ether oxygens (including phenoxy) is 1. The molecule has 0 saturated carbocycles. The summed E-state index contributed by atoms with van der Waals surface area (Å²) >= 11 is 1.72. The van der Waals surface area contributed by atoms with Crippen molar-refractivity contribution in [3.8, 4) is 0 Å². The van der Waals surface area contributed by atoms with E-state index in [-0.39, 0.29) is 0 Å². The summed E-state index contributed by atoms with van der Waals surface area (Å²) in [5, 5.41) is 1.51. The molecule has 0 spiro atoms. The van der Waals surface area contributed by atoms with Gasteiger partial charge < -0.3 is 10.5 Å². The van der Waals surface area contributed by atoms with Crippen LogP contribution >= 0.6 is 11.8 Å². The topological polar surface area (TPSA) is 61.0 Å². The number of hydrogen-bond donors (Lipinski definition) is 1. The summed E-state index contributed by atoms with van der Waals surface area (Å²) in [4.78, 5) is 8.08. The Morgan fingerprint density at radius 2 is 2.38 bits per heavy atom. The van der Waals surface area contributed by atoms with E-state index in [1.54, 1.807) is 18.0 Å². The van der Waals surface area contributed by atoms with Crippen molar-refractivity contribution in [2.75, 3.05) is 18.9 Å². The second kappa shape index (κ2) is 3.51. The van der Waals surface area contributed by atoms with Crippen LogP contribution < -0.4 is 5.73 Å². The van der Waals surface area contributed by atoms with Gasteiger partial charge in [-0.2, -0.15) is 0 Å². The summed E-state index contributed by atoms with van der Waals surface area (Å²) in [6.45, 7) is 3.61. The third kappa shape index (κ3) is 1.92. The smallest absolute Gasteiger partial charge is 0.221 e. The van der Waals surface area contributed by atoms with Crippen LogP contribution in [-0.2, 0) is 4.74 Å². The molecule has 5 heteroatoms. The average Bonchev–Trinajstić information content (AvgIpc) is 2.03. The lowest BCUT2D eigenvalue weighted by molar-refractivity contribution is 0.0454. The Hall–Kier alpha value is -0.810. The molecule has 1 aromatic rings. The van der Waals surface area contributed by atoms with E-state index in [1.165, 1.54) is 0 Å². The lowest BCUT2D eigenvalue weighted by atomic mass is 10.4. The Morgan fingerprint density at radius 3 is 3.00 bits per heavy atom. The predicted molar refractivity (Wildman–Crippen MR) is 51.6 cm³/mol. The minimum absolute atomic E-state index is 0.341. The van der Waals surface area contributed by atoms with Gasteiger partial charge in [0.15, 0.2) is 0 Å². The molecule has 0 bridgehead atoms. The maximum atomic E-state index is 5.50. The molecular weight excluding hydrogens is 186 g/mol. The first-order chi connectivity index (χ1) is 6.25. The van der Waals surface area contributed by atoms with Gasteiger partial charge in [-0.15, -0.1) is 0 Å². The summed E-state index contributed by atoms with van der Waals surface area (Å²) in [7, 11) is 0. The van der Waals surface area contributed by atoms with Gasteiger partial charge in [0.1, 0.15) is 5.03 Å². The highest BCUT2D eigenvalue weighted by Gasteiger charge is 2.21. The Morgan fingerprint density at radius 1 is 1.62 bits per heavy atom. The number of anilines is 1. The Kier molecular flexibility index (Phi) is 2.37. The van der Waals surface area contributed by atoms with Crippen LogP contribution in [0.15, 0.2) is 11.2 Å². The highest BCUT2D eigenvalue weighted by Crippen LogP contribution is 2.28. The summed E-state index contributed by atoms with van der Waals surface area (Å²) in [6.07, 6.45) is 1.75. The largest absolute Gasteiger partial charge is 0.379 e. The van der Waals surface area contributed by atoms with E-state index in [9.17, 15) is 0 Å². The van der Waals surface area contributed by atoms with Crippen LogP contribution in [0.5, 0.6) is 0 Å². The predicted octanol–water partition coefficient (Wildman–Crippen LogP) is 0.858. The Bertz CT molecular complexity index is 314. The summed E-state index contributed by atoms with van der Waals surface area (Å²) in [5.74, 6) is 0.341. The standard InChI is InChI=1S/C8H11N3OS/c1-5-2-10-8(9)11-7(5)13-6-3-12-4-6/h2,6H,3-4H2,1H3,(H2,9,10,11). The number of nitrogen functional groups attached to an aromatic ring is 1. The highest BCUT2D eigenvalue weighted by molar-refractivity contribution is 8.00. The van der Waals surface area contributed by atoms with Crippen LogP contribution in [0.25, 0.3) is 0 Å². The lowest BCUT2D eigenvalue weighted by Crippen LogP contribution is -2.30. The van der Waals surface area contributed by atoms with E-state index in [0.717, 1.165) is 23.8 Å². The molecule has 1 aliphatic rings. The molecule has 0 aliphatic carbocycles. The van der Waals surface area contributed by atoms with Gasteiger partial charge >= 0.3 is 0 Å². The average molecular weight is 197 g/mol. The van der Waals surface area contributed by atoms with E-state index in [4.69, 9.17) is 10.5 Å². The number of nitrogens with two attached hydrogens (primary N) is 1. The van der Waals surface area contributed by atoms with Gasteiger partial charge in [0.25, 0.3) is 0 Å². The molecule has 1 fully saturated rings. The third-order valence-corrected chi connectivity index (χ3v) is 3.07. The van der Waals surface area contributed by atoms with E-state index in [2.05, 4.69) is 9.97 Å². The second-order valence-electron chi connectivity index (χ2n) is 2.99. The summed E-state index contributed by atoms with van der Waals surface area (Å²) in [6, 6.07) is 0. The van der Waals surface area contributed by atoms with Gasteiger partial charge in [0.05, 0.1) is 18.5 Å². The van der Waals surface area contributed by atoms with Crippen molar-refractivity contribution in [2.24, 2.45) is 0 Å². The van der Waals surface area contributed by atoms with Gasteiger partial charge in [-0.25, -0.2) is 9.97 Å². The van der Waals surface area contributed by atoms with E-state index in [1.807, 2.05) is 6.92 Å². The fourth-order valence-corrected chi connectivity index (χ4v) is 2.03. The Labute approximate surface area is 80.9 Å². The molecule has 70 valence electrons. The van der Waals surface area contributed by atoms with Gasteiger partial charge in [-0.3, -0.25) is 0 Å². The lowest BCUT2D eigenvalue weighted by Gasteiger charge is -2.25. The monoisotopic (exact) mass is 197 g/mol. The number of hydrogen-bond acceptors (Lipinski definition) is 5. The van der Waals surface area contributed by atoms with Crippen molar-refractivity contribution in [3.63, 3.8) is 0 Å². The van der Waals surface area contributed by atoms with Gasteiger partial charge in [0.2, 0.25) is 5.95 Å². The zero-order chi connectivity index (χ0) is 9.26. The van der Waals surface area contributed by atoms with Gasteiger partial charge in [-0.05, 0) is 12.5 Å². The maximum Gasteiger partial charge on any atom is 0.221 e. The molecule has 2 heterocycles. The Balaban J connectivity index is 2.13. The molecule has 2 N–H and O–H groups in total. The van der Waals surface area contributed by atoms with Gasteiger partial charge in [0, 0.05) is 6.20 Å². The van der Waals surface area contributed by atoms with Gasteiger partial charge in [-0.1, -0.05) is 11.8 Å². The zero-order valence-electron chi connectivity index (χ0n) is 7.36. The number of rotatable bonds is 2. The highest BCUT2D eigenvalue weighted by atomic mass is 32.2. The van der Waals surface area contributed by atoms with Crippen LogP contribution in [0, 0.1) is 6.92 Å². The van der Waals surface area contributed by atoms with Crippen LogP contribution in [0.4, 0.5) is 5.95 Å². The molecule has 1 aromatic heterocycles. The number of aromatic nitrogens is 2. The van der Waals surface area contributed by atoms with Crippen LogP contribution in [-0.4, -0.2) is 28.4 Å². The molecule has 0 atom stereocenters. The maximum absolute atomic E-state index is 5.50. The molecule has 4 nitrogen and oxygen atoms in total. The molecule has 13 heavy (non-hydrogen) atoms. The first-order valence-corrected chi connectivity index (χ1v) is 4.97. The van der Waals surface area contributed by atoms with E-state index in [0.29, 0.717) is 11.2 Å². The molecule has 0 radical (unpaired) electrons. The second-order valence-corrected chi connectivity index (χ2v) is 4.28. The first-order valence-electron chi connectivity index (χ1n) is 4.09. The molecule has 1 aliphatic heterocycles. The molecule has 0 amide bonds. The number of aryl methyl sites for hydroxylation is 1. The molecule has 0 unspecified atom stereocenters. The normalized spacial score (nSPS) is 17.0. The van der Waals surface area contributed by atoms with Crippen molar-refractivity contribution in [3.05, 3.63) is 11.8 Å². The quantitative estimate of drug-likeness (QED) is 0.712. The fourth-order valence-electron chi connectivity index (χ4n) is 0.999. The van der Waals surface area contributed by atoms with E-state index >= 15 is 0 Å². The minimum atomic E-state index is 0.341. The van der Waals surface area contributed by atoms with Crippen LogP contribution in [0.2, 0.25) is 0 Å². The SMILES string of the molecule is Cc1cnc(N)nc1SC1COC1. The van der Waals surface area contributed by atoms with Crippen LogP contribution in [0.1, 0.15) is 5.56 Å². The number of nitrogens with zero attached hydrogens (tertiary/aromatic N) is 2. The van der Waals surface area contributed by atoms with Crippen molar-refractivity contribution < 1.29 is 4.74 Å². The fraction of sp³-hybridized carbons (Fsp3) is 0.500. The molecular formula is C8H11N3OS. The van der Waals surface area contributed by atoms with Crippen molar-refractivity contribution >= 4 is 17.7 Å². The zero-order valence-corrected chi connectivity index (χ0v) is 8.17. The van der Waals surface area contributed by atoms with Crippen LogP contribution in [0.3, 0.4) is 0 Å². The van der Waals surface area contributed by atoms with Crippen molar-refractivity contribution in [1.29, 1.82) is 0 Å². The van der Waals surface area contributed by atoms with E-state index < -0.39 is 0 Å². The number of thioether (sulfide) groups is 1. The third-order valence-electron chi connectivity index (χ3n) is 1.83. The van der Waals surface area contributed by atoms with Crippen molar-refractivity contribution in [1.82, 2.24) is 9.97 Å². The van der Waals surface area contributed by atoms with Crippen molar-refractivity contribution in [2.45, 2.75) is 17.2 Å². The molecule has 0 aromatic carbocycles. The summed E-state index contributed by atoms with van der Waals surface area (Å²) in [5.41, 5.74) is 6.57. The summed E-state index contributed by atoms with van der Waals surface area (Å²) < 4.78 is 5.08. The first kappa shape index (κ1) is 8.77. The minimum Gasteiger partial charge on any atom is -0.379 e. The molecule has 1 saturated heterocycles. The molecule has 2 rings (SSSR count).